The summed E-state index contributed by atoms with van der Waals surface area (Å²) in [5.41, 5.74) is 1.05. The van der Waals surface area contributed by atoms with E-state index in [0.29, 0.717) is 6.61 Å². The number of morpholine rings is 1. The summed E-state index contributed by atoms with van der Waals surface area (Å²) in [4.78, 5) is 2.48. The van der Waals surface area contributed by atoms with Gasteiger partial charge in [0.2, 0.25) is 0 Å². The summed E-state index contributed by atoms with van der Waals surface area (Å²) in [5, 5.41) is 3.45. The third kappa shape index (κ3) is 4.39. The fraction of sp³-hybridized carbons (Fsp3) is 0.625. The monoisotopic (exact) mass is 278 g/mol. The van der Waals surface area contributed by atoms with Crippen LogP contribution < -0.4 is 10.1 Å². The number of nitrogens with zero attached hydrogens (tertiary/aromatic N) is 1. The van der Waals surface area contributed by atoms with Crippen molar-refractivity contribution in [3.05, 3.63) is 24.3 Å². The van der Waals surface area contributed by atoms with Gasteiger partial charge in [-0.3, -0.25) is 4.90 Å². The second kappa shape index (κ2) is 8.12. The molecule has 1 heterocycles. The van der Waals surface area contributed by atoms with Gasteiger partial charge >= 0.3 is 0 Å². The molecule has 1 unspecified atom stereocenters. The van der Waals surface area contributed by atoms with Crippen molar-refractivity contribution >= 4 is 5.69 Å². The number of ether oxygens (including phenoxy) is 2. The SMILES string of the molecule is CCCN1CCOC(CNc2ccccc2OCC)C1. The molecule has 0 aromatic heterocycles. The van der Waals surface area contributed by atoms with Crippen molar-refractivity contribution in [3.8, 4) is 5.75 Å². The second-order valence-electron chi connectivity index (χ2n) is 5.10. The number of rotatable bonds is 7. The van der Waals surface area contributed by atoms with E-state index in [9.17, 15) is 0 Å². The van der Waals surface area contributed by atoms with E-state index in [1.54, 1.807) is 0 Å². The number of hydrogen-bond acceptors (Lipinski definition) is 4. The third-order valence-corrected chi connectivity index (χ3v) is 3.47. The molecule has 2 rings (SSSR count). The van der Waals surface area contributed by atoms with Gasteiger partial charge in [0.05, 0.1) is 25.0 Å². The lowest BCUT2D eigenvalue weighted by atomic mass is 10.2. The van der Waals surface area contributed by atoms with Crippen LogP contribution in [0.15, 0.2) is 24.3 Å². The predicted molar refractivity (Wildman–Crippen MR) is 82.6 cm³/mol. The molecule has 20 heavy (non-hydrogen) atoms. The molecular formula is C16H26N2O2. The number of anilines is 1. The van der Waals surface area contributed by atoms with Crippen molar-refractivity contribution in [2.45, 2.75) is 26.4 Å². The maximum absolute atomic E-state index is 5.83. The Hall–Kier alpha value is -1.26. The second-order valence-corrected chi connectivity index (χ2v) is 5.10. The molecule has 1 aliphatic rings. The predicted octanol–water partition coefficient (Wildman–Crippen LogP) is 2.61. The molecule has 1 aliphatic heterocycles. The van der Waals surface area contributed by atoms with Gasteiger partial charge in [-0.05, 0) is 32.0 Å². The zero-order valence-corrected chi connectivity index (χ0v) is 12.6. The number of hydrogen-bond donors (Lipinski definition) is 1. The molecule has 1 fully saturated rings. The zero-order valence-electron chi connectivity index (χ0n) is 12.6. The molecule has 112 valence electrons. The van der Waals surface area contributed by atoms with Crippen molar-refractivity contribution < 1.29 is 9.47 Å². The van der Waals surface area contributed by atoms with E-state index >= 15 is 0 Å². The smallest absolute Gasteiger partial charge is 0.142 e. The third-order valence-electron chi connectivity index (χ3n) is 3.47. The minimum Gasteiger partial charge on any atom is -0.492 e. The molecule has 1 atom stereocenters. The maximum atomic E-state index is 5.83. The van der Waals surface area contributed by atoms with Crippen LogP contribution in [0.2, 0.25) is 0 Å². The van der Waals surface area contributed by atoms with Gasteiger partial charge < -0.3 is 14.8 Å². The Morgan fingerprint density at radius 1 is 1.35 bits per heavy atom. The van der Waals surface area contributed by atoms with Gasteiger partial charge in [-0.25, -0.2) is 0 Å². The van der Waals surface area contributed by atoms with Crippen LogP contribution >= 0.6 is 0 Å². The van der Waals surface area contributed by atoms with Gasteiger partial charge in [-0.1, -0.05) is 19.1 Å². The highest BCUT2D eigenvalue weighted by molar-refractivity contribution is 5.56. The van der Waals surface area contributed by atoms with Gasteiger partial charge in [0, 0.05) is 19.6 Å². The molecule has 1 aromatic carbocycles. The minimum atomic E-state index is 0.255. The van der Waals surface area contributed by atoms with E-state index in [2.05, 4.69) is 23.2 Å². The van der Waals surface area contributed by atoms with E-state index in [-0.39, 0.29) is 6.10 Å². The number of para-hydroxylation sites is 2. The molecular weight excluding hydrogens is 252 g/mol. The minimum absolute atomic E-state index is 0.255. The molecule has 1 N–H and O–H groups in total. The summed E-state index contributed by atoms with van der Waals surface area (Å²) in [7, 11) is 0. The first-order valence-electron chi connectivity index (χ1n) is 7.63. The zero-order chi connectivity index (χ0) is 14.2. The molecule has 4 nitrogen and oxygen atoms in total. The van der Waals surface area contributed by atoms with Crippen molar-refractivity contribution in [3.63, 3.8) is 0 Å². The molecule has 0 aliphatic carbocycles. The van der Waals surface area contributed by atoms with E-state index in [1.807, 2.05) is 25.1 Å². The van der Waals surface area contributed by atoms with Crippen LogP contribution in [0.3, 0.4) is 0 Å². The summed E-state index contributed by atoms with van der Waals surface area (Å²) in [6.07, 6.45) is 1.46. The van der Waals surface area contributed by atoms with Gasteiger partial charge in [-0.15, -0.1) is 0 Å². The van der Waals surface area contributed by atoms with E-state index < -0.39 is 0 Å². The van der Waals surface area contributed by atoms with Crippen LogP contribution in [-0.2, 0) is 4.74 Å². The Bertz CT molecular complexity index is 396. The van der Waals surface area contributed by atoms with E-state index in [4.69, 9.17) is 9.47 Å². The van der Waals surface area contributed by atoms with Crippen molar-refractivity contribution in [1.82, 2.24) is 4.90 Å². The summed E-state index contributed by atoms with van der Waals surface area (Å²) < 4.78 is 11.5. The van der Waals surface area contributed by atoms with Gasteiger partial charge in [0.1, 0.15) is 5.75 Å². The average molecular weight is 278 g/mol. The maximum Gasteiger partial charge on any atom is 0.142 e. The highest BCUT2D eigenvalue weighted by atomic mass is 16.5. The Morgan fingerprint density at radius 3 is 3.00 bits per heavy atom. The number of nitrogens with one attached hydrogen (secondary N) is 1. The molecule has 0 spiro atoms. The van der Waals surface area contributed by atoms with Crippen molar-refractivity contribution in [2.75, 3.05) is 44.7 Å². The Kier molecular flexibility index (Phi) is 6.15. The van der Waals surface area contributed by atoms with Crippen LogP contribution in [0.4, 0.5) is 5.69 Å². The first kappa shape index (κ1) is 15.1. The highest BCUT2D eigenvalue weighted by Gasteiger charge is 2.19. The highest BCUT2D eigenvalue weighted by Crippen LogP contribution is 2.23. The molecule has 4 heteroatoms. The molecule has 0 saturated carbocycles. The fourth-order valence-electron chi connectivity index (χ4n) is 2.54. The van der Waals surface area contributed by atoms with Crippen LogP contribution in [-0.4, -0.2) is 50.4 Å². The van der Waals surface area contributed by atoms with E-state index in [0.717, 1.165) is 44.2 Å². The van der Waals surface area contributed by atoms with Crippen LogP contribution in [0.1, 0.15) is 20.3 Å². The van der Waals surface area contributed by atoms with Gasteiger partial charge in [-0.2, -0.15) is 0 Å². The molecule has 0 amide bonds. The molecule has 0 radical (unpaired) electrons. The van der Waals surface area contributed by atoms with Crippen LogP contribution in [0.25, 0.3) is 0 Å². The standard InChI is InChI=1S/C16H26N2O2/c1-3-9-18-10-11-20-14(13-18)12-17-15-7-5-6-8-16(15)19-4-2/h5-8,14,17H,3-4,9-13H2,1-2H3. The van der Waals surface area contributed by atoms with Crippen molar-refractivity contribution in [1.29, 1.82) is 0 Å². The summed E-state index contributed by atoms with van der Waals surface area (Å²) in [6, 6.07) is 8.07. The lowest BCUT2D eigenvalue weighted by Gasteiger charge is -2.33. The first-order chi connectivity index (χ1) is 9.83. The summed E-state index contributed by atoms with van der Waals surface area (Å²) in [6.45, 7) is 9.80. The first-order valence-corrected chi connectivity index (χ1v) is 7.63. The summed E-state index contributed by atoms with van der Waals surface area (Å²) in [5.74, 6) is 0.913. The van der Waals surface area contributed by atoms with E-state index in [1.165, 1.54) is 6.42 Å². The Balaban J connectivity index is 1.85. The lowest BCUT2D eigenvalue weighted by molar-refractivity contribution is -0.0209. The van der Waals surface area contributed by atoms with Crippen LogP contribution in [0.5, 0.6) is 5.75 Å². The largest absolute Gasteiger partial charge is 0.492 e. The van der Waals surface area contributed by atoms with Crippen LogP contribution in [0, 0.1) is 0 Å². The fourth-order valence-corrected chi connectivity index (χ4v) is 2.54. The normalized spacial score (nSPS) is 19.8. The molecule has 0 bridgehead atoms. The lowest BCUT2D eigenvalue weighted by Crippen LogP contribution is -2.45. The van der Waals surface area contributed by atoms with Crippen molar-refractivity contribution in [2.24, 2.45) is 0 Å². The number of benzene rings is 1. The molecule has 1 aromatic rings. The van der Waals surface area contributed by atoms with Gasteiger partial charge in [0.25, 0.3) is 0 Å². The molecule has 1 saturated heterocycles. The Morgan fingerprint density at radius 2 is 2.20 bits per heavy atom. The topological polar surface area (TPSA) is 33.7 Å². The Labute approximate surface area is 122 Å². The quantitative estimate of drug-likeness (QED) is 0.831. The summed E-state index contributed by atoms with van der Waals surface area (Å²) >= 11 is 0. The average Bonchev–Trinajstić information content (AvgIpc) is 2.47. The van der Waals surface area contributed by atoms with Gasteiger partial charge in [0.15, 0.2) is 0 Å².